The van der Waals surface area contributed by atoms with Crippen LogP contribution in [0.1, 0.15) is 38.5 Å². The Morgan fingerprint density at radius 2 is 1.77 bits per heavy atom. The summed E-state index contributed by atoms with van der Waals surface area (Å²) in [5.41, 5.74) is 1.77. The van der Waals surface area contributed by atoms with Crippen LogP contribution in [-0.2, 0) is 4.79 Å². The molecule has 1 aromatic carbocycles. The highest BCUT2D eigenvalue weighted by atomic mass is 16.4. The van der Waals surface area contributed by atoms with Crippen molar-refractivity contribution in [3.05, 3.63) is 24.3 Å². The molecule has 4 heterocycles. The number of oxazole rings is 1. The van der Waals surface area contributed by atoms with Gasteiger partial charge < -0.3 is 24.2 Å². The maximum absolute atomic E-state index is 12.8. The lowest BCUT2D eigenvalue weighted by Crippen LogP contribution is -2.51. The van der Waals surface area contributed by atoms with Crippen molar-refractivity contribution < 1.29 is 14.3 Å². The van der Waals surface area contributed by atoms with E-state index in [4.69, 9.17) is 4.42 Å². The average molecular weight is 413 g/mol. The SMILES string of the molecule is O=C(C1CCN(C2CCN(c3nc4ccccc4o3)CC2)CC1)N1CCC[C@@H](O)C1. The Morgan fingerprint density at radius 1 is 1.00 bits per heavy atom. The monoisotopic (exact) mass is 412 g/mol. The molecule has 3 saturated heterocycles. The van der Waals surface area contributed by atoms with Gasteiger partial charge in [-0.05, 0) is 63.7 Å². The molecule has 0 spiro atoms. The van der Waals surface area contributed by atoms with Crippen LogP contribution in [0.15, 0.2) is 28.7 Å². The predicted molar refractivity (Wildman–Crippen MR) is 115 cm³/mol. The summed E-state index contributed by atoms with van der Waals surface area (Å²) < 4.78 is 5.94. The lowest BCUT2D eigenvalue weighted by atomic mass is 9.91. The molecular formula is C23H32N4O3. The van der Waals surface area contributed by atoms with Crippen LogP contribution in [0.2, 0.25) is 0 Å². The first-order valence-corrected chi connectivity index (χ1v) is 11.5. The molecule has 5 rings (SSSR count). The average Bonchev–Trinajstić information content (AvgIpc) is 3.23. The zero-order valence-corrected chi connectivity index (χ0v) is 17.6. The van der Waals surface area contributed by atoms with E-state index in [9.17, 15) is 9.90 Å². The minimum atomic E-state index is -0.339. The highest BCUT2D eigenvalue weighted by Crippen LogP contribution is 2.29. The Labute approximate surface area is 177 Å². The minimum Gasteiger partial charge on any atom is -0.423 e. The largest absolute Gasteiger partial charge is 0.423 e. The number of rotatable bonds is 3. The molecule has 30 heavy (non-hydrogen) atoms. The lowest BCUT2D eigenvalue weighted by molar-refractivity contribution is -0.140. The molecule has 7 nitrogen and oxygen atoms in total. The second kappa shape index (κ2) is 8.55. The van der Waals surface area contributed by atoms with E-state index < -0.39 is 0 Å². The van der Waals surface area contributed by atoms with Crippen LogP contribution in [0.3, 0.4) is 0 Å². The Kier molecular flexibility index (Phi) is 5.65. The van der Waals surface area contributed by atoms with Gasteiger partial charge in [0.15, 0.2) is 5.58 Å². The lowest BCUT2D eigenvalue weighted by Gasteiger charge is -2.42. The third-order valence-electron chi connectivity index (χ3n) is 7.12. The van der Waals surface area contributed by atoms with E-state index in [0.717, 1.165) is 88.4 Å². The van der Waals surface area contributed by atoms with E-state index in [1.54, 1.807) is 0 Å². The smallest absolute Gasteiger partial charge is 0.298 e. The maximum Gasteiger partial charge on any atom is 0.298 e. The first kappa shape index (κ1) is 19.8. The number of amides is 1. The number of likely N-dealkylation sites (tertiary alicyclic amines) is 2. The molecule has 0 bridgehead atoms. The maximum atomic E-state index is 12.8. The zero-order valence-electron chi connectivity index (χ0n) is 17.6. The van der Waals surface area contributed by atoms with E-state index in [1.165, 1.54) is 0 Å². The molecule has 7 heteroatoms. The predicted octanol–water partition coefficient (Wildman–Crippen LogP) is 2.49. The number of fused-ring (bicyclic) bond motifs is 1. The van der Waals surface area contributed by atoms with Gasteiger partial charge in [0.2, 0.25) is 5.91 Å². The van der Waals surface area contributed by atoms with Crippen molar-refractivity contribution in [3.63, 3.8) is 0 Å². The summed E-state index contributed by atoms with van der Waals surface area (Å²) in [5.74, 6) is 0.394. The molecule has 3 fully saturated rings. The number of nitrogens with zero attached hydrogens (tertiary/aromatic N) is 4. The number of anilines is 1. The number of aromatic nitrogens is 1. The van der Waals surface area contributed by atoms with Crippen molar-refractivity contribution >= 4 is 23.0 Å². The van der Waals surface area contributed by atoms with E-state index in [2.05, 4.69) is 14.8 Å². The fourth-order valence-electron chi connectivity index (χ4n) is 5.34. The van der Waals surface area contributed by atoms with Gasteiger partial charge in [0.1, 0.15) is 5.52 Å². The molecule has 1 N–H and O–H groups in total. The van der Waals surface area contributed by atoms with Gasteiger partial charge in [-0.2, -0.15) is 4.98 Å². The molecule has 1 aromatic heterocycles. The van der Waals surface area contributed by atoms with Gasteiger partial charge >= 0.3 is 0 Å². The van der Waals surface area contributed by atoms with Crippen molar-refractivity contribution in [3.8, 4) is 0 Å². The molecule has 3 aliphatic rings. The van der Waals surface area contributed by atoms with Crippen LogP contribution in [-0.4, -0.2) is 77.2 Å². The summed E-state index contributed by atoms with van der Waals surface area (Å²) in [6, 6.07) is 9.24. The van der Waals surface area contributed by atoms with Gasteiger partial charge in [-0.15, -0.1) is 0 Å². The Hall–Kier alpha value is -2.12. The second-order valence-electron chi connectivity index (χ2n) is 9.07. The Balaban J connectivity index is 1.11. The van der Waals surface area contributed by atoms with Gasteiger partial charge in [-0.25, -0.2) is 0 Å². The first-order valence-electron chi connectivity index (χ1n) is 11.5. The van der Waals surface area contributed by atoms with Crippen LogP contribution in [0, 0.1) is 5.92 Å². The van der Waals surface area contributed by atoms with E-state index in [0.29, 0.717) is 12.6 Å². The quantitative estimate of drug-likeness (QED) is 0.835. The number of carbonyl (C=O) groups excluding carboxylic acids is 1. The number of hydrogen-bond donors (Lipinski definition) is 1. The van der Waals surface area contributed by atoms with Gasteiger partial charge in [0.25, 0.3) is 6.01 Å². The summed E-state index contributed by atoms with van der Waals surface area (Å²) in [4.78, 5) is 24.2. The third-order valence-corrected chi connectivity index (χ3v) is 7.12. The summed E-state index contributed by atoms with van der Waals surface area (Å²) in [5, 5.41) is 9.87. The highest BCUT2D eigenvalue weighted by Gasteiger charge is 2.34. The Bertz CT molecular complexity index is 835. The molecule has 2 aromatic rings. The molecule has 3 aliphatic heterocycles. The van der Waals surface area contributed by atoms with E-state index >= 15 is 0 Å². The van der Waals surface area contributed by atoms with Crippen LogP contribution in [0.4, 0.5) is 6.01 Å². The van der Waals surface area contributed by atoms with Gasteiger partial charge in [-0.3, -0.25) is 4.79 Å². The number of para-hydroxylation sites is 2. The highest BCUT2D eigenvalue weighted by molar-refractivity contribution is 5.79. The normalized spacial score (nSPS) is 25.2. The number of aliphatic hydroxyl groups excluding tert-OH is 1. The Morgan fingerprint density at radius 3 is 2.50 bits per heavy atom. The molecule has 0 aliphatic carbocycles. The van der Waals surface area contributed by atoms with Crippen molar-refractivity contribution in [1.29, 1.82) is 0 Å². The minimum absolute atomic E-state index is 0.131. The first-order chi connectivity index (χ1) is 14.7. The summed E-state index contributed by atoms with van der Waals surface area (Å²) in [7, 11) is 0. The summed E-state index contributed by atoms with van der Waals surface area (Å²) in [6.45, 7) is 5.25. The van der Waals surface area contributed by atoms with Gasteiger partial charge in [-0.1, -0.05) is 12.1 Å². The number of β-amino-alcohol motifs (C(OH)–C–C–N with tert-alkyl or cyclic N) is 1. The fraction of sp³-hybridized carbons (Fsp3) is 0.652. The van der Waals surface area contributed by atoms with E-state index in [1.807, 2.05) is 29.2 Å². The summed E-state index contributed by atoms with van der Waals surface area (Å²) in [6.07, 6.45) is 5.50. The molecule has 0 radical (unpaired) electrons. The number of carbonyl (C=O) groups is 1. The fourth-order valence-corrected chi connectivity index (χ4v) is 5.34. The number of benzene rings is 1. The molecule has 162 valence electrons. The molecule has 1 amide bonds. The van der Waals surface area contributed by atoms with Crippen molar-refractivity contribution in [2.45, 2.75) is 50.7 Å². The van der Waals surface area contributed by atoms with Crippen LogP contribution in [0.25, 0.3) is 11.1 Å². The van der Waals surface area contributed by atoms with Crippen molar-refractivity contribution in [2.75, 3.05) is 44.2 Å². The van der Waals surface area contributed by atoms with Crippen molar-refractivity contribution in [2.24, 2.45) is 5.92 Å². The van der Waals surface area contributed by atoms with Gasteiger partial charge in [0.05, 0.1) is 6.10 Å². The van der Waals surface area contributed by atoms with Crippen molar-refractivity contribution in [1.82, 2.24) is 14.8 Å². The second-order valence-corrected chi connectivity index (χ2v) is 9.07. The molecule has 1 atom stereocenters. The van der Waals surface area contributed by atoms with E-state index in [-0.39, 0.29) is 17.9 Å². The van der Waals surface area contributed by atoms with Gasteiger partial charge in [0, 0.05) is 38.1 Å². The number of piperidine rings is 3. The molecule has 0 unspecified atom stereocenters. The zero-order chi connectivity index (χ0) is 20.5. The van der Waals surface area contributed by atoms with Crippen LogP contribution >= 0.6 is 0 Å². The standard InChI is InChI=1S/C23H32N4O3/c28-19-4-3-11-27(16-19)22(29)17-7-12-25(13-8-17)18-9-14-26(15-10-18)23-24-20-5-1-2-6-21(20)30-23/h1-2,5-6,17-19,28H,3-4,7-16H2/t19-/m1/s1. The third kappa shape index (κ3) is 4.05. The topological polar surface area (TPSA) is 73.1 Å². The molecular weight excluding hydrogens is 380 g/mol. The number of hydrogen-bond acceptors (Lipinski definition) is 6. The van der Waals surface area contributed by atoms with Crippen LogP contribution in [0.5, 0.6) is 0 Å². The number of aliphatic hydroxyl groups is 1. The summed E-state index contributed by atoms with van der Waals surface area (Å²) >= 11 is 0. The van der Waals surface area contributed by atoms with Crippen LogP contribution < -0.4 is 4.90 Å². The molecule has 0 saturated carbocycles.